The number of hydrogen-bond donors (Lipinski definition) is 0. The maximum Gasteiger partial charge on any atom is 0.325 e. The molecule has 0 aliphatic rings. The van der Waals surface area contributed by atoms with Crippen molar-refractivity contribution in [1.82, 2.24) is 4.57 Å². The molecule has 140 valence electrons. The molecular weight excluding hydrogens is 380 g/mol. The van der Waals surface area contributed by atoms with Crippen LogP contribution in [-0.4, -0.2) is 29.3 Å². The molecule has 1 amide bonds. The smallest absolute Gasteiger partial charge is 0.325 e. The lowest BCUT2D eigenvalue weighted by molar-refractivity contribution is -0.141. The minimum absolute atomic E-state index is 0.0306. The minimum Gasteiger partial charge on any atom is -0.468 e. The lowest BCUT2D eigenvalue weighted by Gasteiger charge is -2.04. The van der Waals surface area contributed by atoms with Crippen molar-refractivity contribution in [2.75, 3.05) is 12.9 Å². The summed E-state index contributed by atoms with van der Waals surface area (Å²) >= 11 is 2.93. The van der Waals surface area contributed by atoms with Crippen LogP contribution in [0, 0.1) is 6.92 Å². The summed E-state index contributed by atoms with van der Waals surface area (Å²) in [5.74, 6) is 0.469. The van der Waals surface area contributed by atoms with Gasteiger partial charge in [0.15, 0.2) is 4.80 Å². The zero-order valence-electron chi connectivity index (χ0n) is 15.2. The molecular formula is C20H20N2O3S2. The lowest BCUT2D eigenvalue weighted by atomic mass is 10.2. The van der Waals surface area contributed by atoms with Gasteiger partial charge in [-0.15, -0.1) is 11.8 Å². The lowest BCUT2D eigenvalue weighted by Crippen LogP contribution is -2.22. The predicted octanol–water partition coefficient (Wildman–Crippen LogP) is 3.54. The molecule has 1 heterocycles. The number of ether oxygens (including phenoxy) is 1. The van der Waals surface area contributed by atoms with E-state index in [9.17, 15) is 9.59 Å². The van der Waals surface area contributed by atoms with E-state index in [1.165, 1.54) is 35.8 Å². The molecule has 27 heavy (non-hydrogen) atoms. The molecule has 0 saturated heterocycles. The summed E-state index contributed by atoms with van der Waals surface area (Å²) in [5.41, 5.74) is 3.16. The molecule has 0 bridgehead atoms. The second-order valence-electron chi connectivity index (χ2n) is 6.00. The Labute approximate surface area is 165 Å². The van der Waals surface area contributed by atoms with E-state index in [2.05, 4.69) is 4.99 Å². The van der Waals surface area contributed by atoms with Crippen molar-refractivity contribution < 1.29 is 14.3 Å². The Hall–Kier alpha value is -2.38. The molecule has 0 saturated carbocycles. The zero-order valence-corrected chi connectivity index (χ0v) is 16.8. The highest BCUT2D eigenvalue weighted by molar-refractivity contribution is 7.99. The third-order valence-corrected chi connectivity index (χ3v) is 5.94. The number of carbonyl (C=O) groups is 2. The average Bonchev–Trinajstić information content (AvgIpc) is 2.98. The van der Waals surface area contributed by atoms with Gasteiger partial charge in [0.2, 0.25) is 0 Å². The second-order valence-corrected chi connectivity index (χ2v) is 8.00. The number of benzene rings is 2. The Morgan fingerprint density at radius 1 is 1.19 bits per heavy atom. The first-order chi connectivity index (χ1) is 13.1. The van der Waals surface area contributed by atoms with Gasteiger partial charge in [-0.2, -0.15) is 4.99 Å². The van der Waals surface area contributed by atoms with Gasteiger partial charge in [0, 0.05) is 5.75 Å². The van der Waals surface area contributed by atoms with Crippen LogP contribution in [0.4, 0.5) is 0 Å². The van der Waals surface area contributed by atoms with Gasteiger partial charge in [0.25, 0.3) is 5.91 Å². The largest absolute Gasteiger partial charge is 0.468 e. The Balaban J connectivity index is 1.81. The molecule has 1 aromatic heterocycles. The predicted molar refractivity (Wildman–Crippen MR) is 110 cm³/mol. The van der Waals surface area contributed by atoms with Crippen LogP contribution in [0.1, 0.15) is 11.1 Å². The van der Waals surface area contributed by atoms with Gasteiger partial charge < -0.3 is 9.30 Å². The van der Waals surface area contributed by atoms with E-state index in [0.29, 0.717) is 10.6 Å². The SMILES string of the molecule is COC(=O)Cn1c(=NC(=O)CSCc2ccccc2)sc2cc(C)ccc21. The fourth-order valence-corrected chi connectivity index (χ4v) is 4.50. The highest BCUT2D eigenvalue weighted by Crippen LogP contribution is 2.19. The van der Waals surface area contributed by atoms with Crippen molar-refractivity contribution in [3.05, 3.63) is 64.5 Å². The van der Waals surface area contributed by atoms with Gasteiger partial charge in [-0.25, -0.2) is 0 Å². The van der Waals surface area contributed by atoms with Gasteiger partial charge in [-0.05, 0) is 30.2 Å². The monoisotopic (exact) mass is 400 g/mol. The summed E-state index contributed by atoms with van der Waals surface area (Å²) in [6.07, 6.45) is 0. The Morgan fingerprint density at radius 2 is 1.96 bits per heavy atom. The highest BCUT2D eigenvalue weighted by Gasteiger charge is 2.12. The van der Waals surface area contributed by atoms with E-state index in [4.69, 9.17) is 4.74 Å². The van der Waals surface area contributed by atoms with Crippen LogP contribution >= 0.6 is 23.1 Å². The van der Waals surface area contributed by atoms with Crippen molar-refractivity contribution >= 4 is 45.2 Å². The van der Waals surface area contributed by atoms with Crippen LogP contribution in [0.2, 0.25) is 0 Å². The van der Waals surface area contributed by atoms with Gasteiger partial charge in [0.05, 0.1) is 23.1 Å². The first-order valence-corrected chi connectivity index (χ1v) is 10.4. The number of rotatable bonds is 6. The summed E-state index contributed by atoms with van der Waals surface area (Å²) in [6.45, 7) is 2.04. The van der Waals surface area contributed by atoms with E-state index < -0.39 is 0 Å². The number of amides is 1. The number of carbonyl (C=O) groups excluding carboxylic acids is 2. The van der Waals surface area contributed by atoms with Crippen LogP contribution < -0.4 is 4.80 Å². The summed E-state index contributed by atoms with van der Waals surface area (Å²) in [4.78, 5) is 28.9. The fourth-order valence-electron chi connectivity index (χ4n) is 2.58. The van der Waals surface area contributed by atoms with E-state index in [1.807, 2.05) is 55.5 Å². The number of nitrogens with zero attached hydrogens (tertiary/aromatic N) is 2. The van der Waals surface area contributed by atoms with Gasteiger partial charge >= 0.3 is 5.97 Å². The Morgan fingerprint density at radius 3 is 2.70 bits per heavy atom. The average molecular weight is 401 g/mol. The Bertz CT molecular complexity index is 1020. The van der Waals surface area contributed by atoms with Crippen molar-refractivity contribution in [1.29, 1.82) is 0 Å². The number of thioether (sulfide) groups is 1. The van der Waals surface area contributed by atoms with E-state index in [1.54, 1.807) is 4.57 Å². The molecule has 7 heteroatoms. The van der Waals surface area contributed by atoms with Gasteiger partial charge in [0.1, 0.15) is 6.54 Å². The van der Waals surface area contributed by atoms with E-state index >= 15 is 0 Å². The van der Waals surface area contributed by atoms with E-state index in [-0.39, 0.29) is 18.4 Å². The van der Waals surface area contributed by atoms with Crippen molar-refractivity contribution in [3.63, 3.8) is 0 Å². The summed E-state index contributed by atoms with van der Waals surface area (Å²) in [7, 11) is 1.35. The zero-order chi connectivity index (χ0) is 19.2. The standard InChI is InChI=1S/C20H20N2O3S2/c1-14-8-9-16-17(10-14)27-20(22(16)11-19(24)25-2)21-18(23)13-26-12-15-6-4-3-5-7-15/h3-10H,11-13H2,1-2H3. The first kappa shape index (κ1) is 19.4. The number of esters is 1. The van der Waals surface area contributed by atoms with Crippen molar-refractivity contribution in [2.45, 2.75) is 19.2 Å². The summed E-state index contributed by atoms with van der Waals surface area (Å²) in [5, 5.41) is 0. The number of aromatic nitrogens is 1. The minimum atomic E-state index is -0.373. The molecule has 2 aromatic carbocycles. The van der Waals surface area contributed by atoms with Crippen LogP contribution in [-0.2, 0) is 26.6 Å². The molecule has 0 atom stereocenters. The van der Waals surface area contributed by atoms with Crippen LogP contribution in [0.25, 0.3) is 10.2 Å². The fraction of sp³-hybridized carbons (Fsp3) is 0.250. The quantitative estimate of drug-likeness (QED) is 0.594. The van der Waals surface area contributed by atoms with Crippen LogP contribution in [0.5, 0.6) is 0 Å². The van der Waals surface area contributed by atoms with Crippen molar-refractivity contribution in [2.24, 2.45) is 4.99 Å². The van der Waals surface area contributed by atoms with Crippen LogP contribution in [0.15, 0.2) is 53.5 Å². The molecule has 0 fully saturated rings. The molecule has 0 N–H and O–H groups in total. The van der Waals surface area contributed by atoms with Crippen LogP contribution in [0.3, 0.4) is 0 Å². The summed E-state index contributed by atoms with van der Waals surface area (Å²) in [6, 6.07) is 16.0. The maximum absolute atomic E-state index is 12.3. The second kappa shape index (κ2) is 9.01. The number of fused-ring (bicyclic) bond motifs is 1. The van der Waals surface area contributed by atoms with Crippen molar-refractivity contribution in [3.8, 4) is 0 Å². The van der Waals surface area contributed by atoms with Gasteiger partial charge in [-0.1, -0.05) is 47.7 Å². The molecule has 0 unspecified atom stereocenters. The third kappa shape index (κ3) is 5.08. The first-order valence-electron chi connectivity index (χ1n) is 8.43. The van der Waals surface area contributed by atoms with E-state index in [0.717, 1.165) is 21.5 Å². The molecule has 0 aliphatic heterocycles. The summed E-state index contributed by atoms with van der Waals surface area (Å²) < 4.78 is 7.51. The molecule has 3 rings (SSSR count). The molecule has 0 spiro atoms. The van der Waals surface area contributed by atoms with Gasteiger partial charge in [-0.3, -0.25) is 9.59 Å². The maximum atomic E-state index is 12.3. The topological polar surface area (TPSA) is 60.7 Å². The number of methoxy groups -OCH3 is 1. The Kier molecular flexibility index (Phi) is 6.47. The third-order valence-electron chi connectivity index (χ3n) is 3.91. The normalized spacial score (nSPS) is 11.7. The molecule has 0 aliphatic carbocycles. The number of aryl methyl sites for hydroxylation is 1. The molecule has 3 aromatic rings. The molecule has 0 radical (unpaired) electrons. The number of hydrogen-bond acceptors (Lipinski definition) is 5. The number of thiazole rings is 1. The highest BCUT2D eigenvalue weighted by atomic mass is 32.2. The molecule has 5 nitrogen and oxygen atoms in total.